The van der Waals surface area contributed by atoms with Crippen LogP contribution in [0.15, 0.2) is 12.1 Å². The third-order valence-corrected chi connectivity index (χ3v) is 4.10. The second-order valence-corrected chi connectivity index (χ2v) is 5.43. The van der Waals surface area contributed by atoms with Crippen molar-refractivity contribution < 1.29 is 4.79 Å². The number of nitrogens with zero attached hydrogens (tertiary/aromatic N) is 2. The van der Waals surface area contributed by atoms with E-state index < -0.39 is 5.91 Å². The van der Waals surface area contributed by atoms with Crippen molar-refractivity contribution in [1.29, 1.82) is 0 Å². The quantitative estimate of drug-likeness (QED) is 0.910. The Hall–Kier alpha value is -1.37. The molecule has 0 atom stereocenters. The van der Waals surface area contributed by atoms with E-state index in [0.29, 0.717) is 20.9 Å². The van der Waals surface area contributed by atoms with E-state index in [-0.39, 0.29) is 5.01 Å². The van der Waals surface area contributed by atoms with E-state index in [9.17, 15) is 4.79 Å². The first kappa shape index (κ1) is 14.0. The van der Waals surface area contributed by atoms with Gasteiger partial charge < -0.3 is 10.6 Å². The molecule has 0 aliphatic heterocycles. The summed E-state index contributed by atoms with van der Waals surface area (Å²) in [5.41, 5.74) is 1.21. The van der Waals surface area contributed by atoms with Crippen LogP contribution in [0.1, 0.15) is 15.4 Å². The van der Waals surface area contributed by atoms with Crippen molar-refractivity contribution in [2.75, 3.05) is 17.7 Å². The maximum Gasteiger partial charge on any atom is 0.286 e. The molecule has 19 heavy (non-hydrogen) atoms. The number of halogens is 2. The Morgan fingerprint density at radius 1 is 1.32 bits per heavy atom. The van der Waals surface area contributed by atoms with Crippen molar-refractivity contribution in [3.63, 3.8) is 0 Å². The predicted molar refractivity (Wildman–Crippen MR) is 78.6 cm³/mol. The lowest BCUT2D eigenvalue weighted by atomic mass is 10.2. The third-order valence-electron chi connectivity index (χ3n) is 2.36. The van der Waals surface area contributed by atoms with Crippen molar-refractivity contribution in [3.05, 3.63) is 32.7 Å². The predicted octanol–water partition coefficient (Wildman–Crippen LogP) is 3.45. The van der Waals surface area contributed by atoms with Crippen molar-refractivity contribution in [2.45, 2.75) is 6.92 Å². The van der Waals surface area contributed by atoms with Crippen LogP contribution in [0.4, 0.5) is 10.8 Å². The summed E-state index contributed by atoms with van der Waals surface area (Å²) in [7, 11) is 1.70. The second kappa shape index (κ2) is 5.73. The molecule has 100 valence electrons. The molecule has 1 heterocycles. The minimum atomic E-state index is -0.395. The van der Waals surface area contributed by atoms with Crippen LogP contribution in [-0.4, -0.2) is 23.2 Å². The molecule has 2 aromatic rings. The Kier molecular flexibility index (Phi) is 4.24. The fourth-order valence-corrected chi connectivity index (χ4v) is 2.41. The summed E-state index contributed by atoms with van der Waals surface area (Å²) in [6.07, 6.45) is 0. The molecule has 8 heteroatoms. The van der Waals surface area contributed by atoms with Gasteiger partial charge in [0.2, 0.25) is 10.1 Å². The van der Waals surface area contributed by atoms with Crippen molar-refractivity contribution in [2.24, 2.45) is 0 Å². The van der Waals surface area contributed by atoms with Crippen molar-refractivity contribution >= 4 is 51.3 Å². The number of amides is 1. The number of carbonyl (C=O) groups is 1. The summed E-state index contributed by atoms with van der Waals surface area (Å²) in [6.45, 7) is 1.83. The van der Waals surface area contributed by atoms with Crippen LogP contribution in [0.5, 0.6) is 0 Å². The molecule has 1 aromatic carbocycles. The van der Waals surface area contributed by atoms with Gasteiger partial charge in [0.05, 0.1) is 15.7 Å². The first-order valence-corrected chi connectivity index (χ1v) is 6.87. The molecule has 0 bridgehead atoms. The van der Waals surface area contributed by atoms with E-state index >= 15 is 0 Å². The lowest BCUT2D eigenvalue weighted by molar-refractivity contribution is 0.102. The summed E-state index contributed by atoms with van der Waals surface area (Å²) >= 11 is 13.3. The van der Waals surface area contributed by atoms with Crippen LogP contribution in [0, 0.1) is 6.92 Å². The highest BCUT2D eigenvalue weighted by atomic mass is 35.5. The van der Waals surface area contributed by atoms with Gasteiger partial charge in [-0.2, -0.15) is 0 Å². The van der Waals surface area contributed by atoms with Gasteiger partial charge >= 0.3 is 0 Å². The van der Waals surface area contributed by atoms with Crippen LogP contribution in [0.25, 0.3) is 0 Å². The van der Waals surface area contributed by atoms with Gasteiger partial charge in [0.25, 0.3) is 5.91 Å². The molecule has 0 saturated carbocycles. The largest absolute Gasteiger partial charge is 0.363 e. The Balaban J connectivity index is 2.26. The number of hydrogen-bond acceptors (Lipinski definition) is 5. The zero-order valence-electron chi connectivity index (χ0n) is 10.1. The number of nitrogens with one attached hydrogen (secondary N) is 2. The Morgan fingerprint density at radius 3 is 2.68 bits per heavy atom. The standard InChI is InChI=1S/C11H10Cl2N4OS/c1-5-3-4-6(12)8(7(5)13)15-9(18)10-16-17-11(14-2)19-10/h3-4H,1-2H3,(H,14,17)(H,15,18). The first-order valence-electron chi connectivity index (χ1n) is 5.30. The number of hydrogen-bond donors (Lipinski definition) is 2. The summed E-state index contributed by atoms with van der Waals surface area (Å²) < 4.78 is 0. The van der Waals surface area contributed by atoms with Crippen LogP contribution in [0.2, 0.25) is 10.0 Å². The summed E-state index contributed by atoms with van der Waals surface area (Å²) in [5, 5.41) is 14.6. The highest BCUT2D eigenvalue weighted by Crippen LogP contribution is 2.33. The van der Waals surface area contributed by atoms with E-state index in [1.807, 2.05) is 6.92 Å². The van der Waals surface area contributed by atoms with Crippen LogP contribution in [0.3, 0.4) is 0 Å². The molecule has 0 radical (unpaired) electrons. The Bertz CT molecular complexity index is 629. The molecule has 1 aromatic heterocycles. The average Bonchev–Trinajstić information content (AvgIpc) is 2.88. The Morgan fingerprint density at radius 2 is 2.05 bits per heavy atom. The van der Waals surface area contributed by atoms with Gasteiger partial charge in [-0.05, 0) is 18.6 Å². The average molecular weight is 317 g/mol. The highest BCUT2D eigenvalue weighted by molar-refractivity contribution is 7.17. The van der Waals surface area contributed by atoms with Gasteiger partial charge in [-0.25, -0.2) is 0 Å². The third kappa shape index (κ3) is 2.97. The summed E-state index contributed by atoms with van der Waals surface area (Å²) in [6, 6.07) is 3.46. The molecule has 0 unspecified atom stereocenters. The summed E-state index contributed by atoms with van der Waals surface area (Å²) in [4.78, 5) is 12.0. The molecule has 0 saturated heterocycles. The van der Waals surface area contributed by atoms with Gasteiger partial charge in [-0.15, -0.1) is 10.2 Å². The molecular weight excluding hydrogens is 307 g/mol. The number of carbonyl (C=O) groups excluding carboxylic acids is 1. The van der Waals surface area contributed by atoms with E-state index in [0.717, 1.165) is 16.9 Å². The molecule has 0 spiro atoms. The maximum absolute atomic E-state index is 12.0. The number of aryl methyl sites for hydroxylation is 1. The fourth-order valence-electron chi connectivity index (χ4n) is 1.35. The zero-order valence-corrected chi connectivity index (χ0v) is 12.4. The normalized spacial score (nSPS) is 10.3. The van der Waals surface area contributed by atoms with Gasteiger partial charge in [0.1, 0.15) is 0 Å². The maximum atomic E-state index is 12.0. The van der Waals surface area contributed by atoms with Crippen molar-refractivity contribution in [3.8, 4) is 0 Å². The first-order chi connectivity index (χ1) is 9.02. The lowest BCUT2D eigenvalue weighted by Crippen LogP contribution is -2.12. The minimum absolute atomic E-state index is 0.234. The zero-order chi connectivity index (χ0) is 14.0. The second-order valence-electron chi connectivity index (χ2n) is 3.67. The minimum Gasteiger partial charge on any atom is -0.363 e. The number of anilines is 2. The van der Waals surface area contributed by atoms with Crippen LogP contribution in [-0.2, 0) is 0 Å². The SMILES string of the molecule is CNc1nnc(C(=O)Nc2c(Cl)ccc(C)c2Cl)s1. The van der Waals surface area contributed by atoms with Gasteiger partial charge in [-0.3, -0.25) is 4.79 Å². The molecule has 2 N–H and O–H groups in total. The highest BCUT2D eigenvalue weighted by Gasteiger charge is 2.16. The van der Waals surface area contributed by atoms with Gasteiger partial charge in [-0.1, -0.05) is 40.6 Å². The Labute approximate surface area is 123 Å². The van der Waals surface area contributed by atoms with Gasteiger partial charge in [0, 0.05) is 7.05 Å². The van der Waals surface area contributed by atoms with E-state index in [4.69, 9.17) is 23.2 Å². The topological polar surface area (TPSA) is 66.9 Å². The van der Waals surface area contributed by atoms with Gasteiger partial charge in [0.15, 0.2) is 0 Å². The summed E-state index contributed by atoms with van der Waals surface area (Å²) in [5.74, 6) is -0.395. The monoisotopic (exact) mass is 316 g/mol. The lowest BCUT2D eigenvalue weighted by Gasteiger charge is -2.09. The van der Waals surface area contributed by atoms with Crippen LogP contribution < -0.4 is 10.6 Å². The van der Waals surface area contributed by atoms with Crippen molar-refractivity contribution in [1.82, 2.24) is 10.2 Å². The molecule has 0 fully saturated rings. The van der Waals surface area contributed by atoms with E-state index in [1.165, 1.54) is 0 Å². The molecule has 0 aliphatic rings. The number of aromatic nitrogens is 2. The van der Waals surface area contributed by atoms with E-state index in [1.54, 1.807) is 19.2 Å². The molecular formula is C11H10Cl2N4OS. The number of benzene rings is 1. The fraction of sp³-hybridized carbons (Fsp3) is 0.182. The molecule has 0 aliphatic carbocycles. The smallest absolute Gasteiger partial charge is 0.286 e. The van der Waals surface area contributed by atoms with Crippen LogP contribution >= 0.6 is 34.5 Å². The van der Waals surface area contributed by atoms with E-state index in [2.05, 4.69) is 20.8 Å². The molecule has 5 nitrogen and oxygen atoms in total. The number of rotatable bonds is 3. The molecule has 2 rings (SSSR count). The molecule has 1 amide bonds.